The Morgan fingerprint density at radius 2 is 0.500 bits per heavy atom. The third-order valence-corrected chi connectivity index (χ3v) is 19.4. The number of aliphatic hydroxyl groups is 1. The normalized spacial score (nSPS) is 14.0. The van der Waals surface area contributed by atoms with Gasteiger partial charge in [0.05, 0.1) is 26.4 Å². The van der Waals surface area contributed by atoms with Crippen LogP contribution in [0.1, 0.15) is 387 Å². The van der Waals surface area contributed by atoms with Gasteiger partial charge in [0.25, 0.3) is 0 Å². The second-order valence-electron chi connectivity index (χ2n) is 27.1. The van der Waals surface area contributed by atoms with Crippen molar-refractivity contribution in [2.24, 2.45) is 0 Å². The van der Waals surface area contributed by atoms with E-state index in [1.54, 1.807) is 0 Å². The quantitative estimate of drug-likeness (QED) is 0.0169. The molecule has 0 radical (unpaired) electrons. The first kappa shape index (κ1) is 93.5. The Morgan fingerprint density at radius 3 is 0.760 bits per heavy atom. The van der Waals surface area contributed by atoms with Gasteiger partial charge in [0.1, 0.15) is 19.3 Å². The van der Waals surface area contributed by atoms with Gasteiger partial charge in [-0.2, -0.15) is 0 Å². The number of phosphoric acid groups is 2. The van der Waals surface area contributed by atoms with E-state index in [4.69, 9.17) is 37.0 Å². The Hall–Kier alpha value is -2.46. The van der Waals surface area contributed by atoms with E-state index in [0.29, 0.717) is 25.7 Å². The molecule has 0 aromatic rings. The van der Waals surface area contributed by atoms with Crippen molar-refractivity contribution in [3.05, 3.63) is 24.3 Å². The van der Waals surface area contributed by atoms with Gasteiger partial charge in [0, 0.05) is 25.7 Å². The number of carbonyl (C=O) groups excluding carboxylic acids is 4. The molecule has 0 rings (SSSR count). The van der Waals surface area contributed by atoms with Crippen molar-refractivity contribution < 1.29 is 80.2 Å². The summed E-state index contributed by atoms with van der Waals surface area (Å²) in [6, 6.07) is 0. The molecule has 0 aliphatic rings. The highest BCUT2D eigenvalue weighted by atomic mass is 31.2. The number of hydrogen-bond acceptors (Lipinski definition) is 15. The fourth-order valence-electron chi connectivity index (χ4n) is 11.4. The van der Waals surface area contributed by atoms with Crippen LogP contribution in [0.25, 0.3) is 0 Å². The number of allylic oxidation sites excluding steroid dienone is 4. The summed E-state index contributed by atoms with van der Waals surface area (Å²) in [7, 11) is -9.92. The molecule has 0 aromatic heterocycles. The lowest BCUT2D eigenvalue weighted by atomic mass is 10.0. The first-order valence-corrected chi connectivity index (χ1v) is 42.6. The van der Waals surface area contributed by atoms with Gasteiger partial charge in [0.15, 0.2) is 12.2 Å². The molecule has 19 heteroatoms. The number of unbranched alkanes of at least 4 members (excludes halogenated alkanes) is 47. The molecule has 96 heavy (non-hydrogen) atoms. The number of phosphoric ester groups is 2. The molecular formula is C77H146O17P2. The van der Waals surface area contributed by atoms with Crippen molar-refractivity contribution in [1.29, 1.82) is 0 Å². The molecule has 566 valence electrons. The molecule has 17 nitrogen and oxygen atoms in total. The molecule has 0 spiro atoms. The maximum atomic E-state index is 13.1. The van der Waals surface area contributed by atoms with Gasteiger partial charge in [-0.1, -0.05) is 335 Å². The van der Waals surface area contributed by atoms with Crippen molar-refractivity contribution in [3.8, 4) is 0 Å². The molecule has 0 saturated carbocycles. The van der Waals surface area contributed by atoms with E-state index in [0.717, 1.165) is 116 Å². The zero-order valence-electron chi connectivity index (χ0n) is 61.8. The van der Waals surface area contributed by atoms with Crippen molar-refractivity contribution in [1.82, 2.24) is 0 Å². The SMILES string of the molecule is CCCCCC/C=C\C=C/CCCCCCCC(=O)OC[C@H](COP(=O)(O)OC[C@@H](O)COP(=O)(O)OC[C@@H](COC(=O)CCCCCCCCCC)OC(=O)CCCCCCCCCCCCC)OC(=O)CCCCCCCCCCCCCCCCCCCCCCCC. The summed E-state index contributed by atoms with van der Waals surface area (Å²) in [6.45, 7) is 4.89. The molecule has 0 amide bonds. The fraction of sp³-hybridized carbons (Fsp3) is 0.896. The summed E-state index contributed by atoms with van der Waals surface area (Å²) in [4.78, 5) is 72.7. The summed E-state index contributed by atoms with van der Waals surface area (Å²) in [5, 5.41) is 10.6. The molecule has 0 heterocycles. The molecule has 0 aliphatic carbocycles. The van der Waals surface area contributed by atoms with Gasteiger partial charge in [-0.15, -0.1) is 0 Å². The first-order chi connectivity index (χ1) is 46.7. The van der Waals surface area contributed by atoms with Crippen LogP contribution in [0.2, 0.25) is 0 Å². The monoisotopic (exact) mass is 1410 g/mol. The van der Waals surface area contributed by atoms with Crippen LogP contribution in [0.15, 0.2) is 24.3 Å². The highest BCUT2D eigenvalue weighted by Crippen LogP contribution is 2.45. The average Bonchev–Trinajstić information content (AvgIpc) is 1.19. The molecule has 0 bridgehead atoms. The van der Waals surface area contributed by atoms with Gasteiger partial charge < -0.3 is 33.8 Å². The van der Waals surface area contributed by atoms with Crippen LogP contribution < -0.4 is 0 Å². The summed E-state index contributed by atoms with van der Waals surface area (Å²) < 4.78 is 68.4. The van der Waals surface area contributed by atoms with Crippen molar-refractivity contribution in [2.45, 2.75) is 406 Å². The number of esters is 4. The highest BCUT2D eigenvalue weighted by Gasteiger charge is 2.30. The molecule has 0 fully saturated rings. The minimum absolute atomic E-state index is 0.102. The molecule has 0 aromatic carbocycles. The van der Waals surface area contributed by atoms with E-state index in [9.17, 15) is 43.2 Å². The smallest absolute Gasteiger partial charge is 0.462 e. The third kappa shape index (κ3) is 70.0. The summed E-state index contributed by atoms with van der Waals surface area (Å²) in [5.74, 6) is -2.15. The number of ether oxygens (including phenoxy) is 4. The van der Waals surface area contributed by atoms with Crippen molar-refractivity contribution in [3.63, 3.8) is 0 Å². The number of rotatable bonds is 76. The zero-order valence-corrected chi connectivity index (χ0v) is 63.6. The minimum atomic E-state index is -4.96. The Bertz CT molecular complexity index is 1920. The average molecular weight is 1410 g/mol. The van der Waals surface area contributed by atoms with Gasteiger partial charge >= 0.3 is 39.5 Å². The van der Waals surface area contributed by atoms with E-state index < -0.39 is 97.5 Å². The van der Waals surface area contributed by atoms with E-state index in [1.165, 1.54) is 193 Å². The van der Waals surface area contributed by atoms with Gasteiger partial charge in [0.2, 0.25) is 0 Å². The number of hydrogen-bond donors (Lipinski definition) is 3. The molecule has 0 aliphatic heterocycles. The van der Waals surface area contributed by atoms with Crippen LogP contribution in [-0.4, -0.2) is 96.7 Å². The molecule has 3 N–H and O–H groups in total. The van der Waals surface area contributed by atoms with E-state index in [2.05, 4.69) is 52.0 Å². The Labute approximate surface area is 586 Å². The summed E-state index contributed by atoms with van der Waals surface area (Å²) in [5.41, 5.74) is 0. The van der Waals surface area contributed by atoms with E-state index >= 15 is 0 Å². The Morgan fingerprint density at radius 1 is 0.292 bits per heavy atom. The second-order valence-corrected chi connectivity index (χ2v) is 30.0. The predicted octanol–water partition coefficient (Wildman–Crippen LogP) is 22.6. The minimum Gasteiger partial charge on any atom is -0.462 e. The van der Waals surface area contributed by atoms with E-state index in [-0.39, 0.29) is 25.7 Å². The third-order valence-electron chi connectivity index (χ3n) is 17.5. The Balaban J connectivity index is 5.19. The van der Waals surface area contributed by atoms with Crippen molar-refractivity contribution >= 4 is 39.5 Å². The van der Waals surface area contributed by atoms with Crippen molar-refractivity contribution in [2.75, 3.05) is 39.6 Å². The lowest BCUT2D eigenvalue weighted by Crippen LogP contribution is -2.30. The lowest BCUT2D eigenvalue weighted by Gasteiger charge is -2.21. The van der Waals surface area contributed by atoms with E-state index in [1.807, 2.05) is 0 Å². The fourth-order valence-corrected chi connectivity index (χ4v) is 13.0. The lowest BCUT2D eigenvalue weighted by molar-refractivity contribution is -0.161. The van der Waals surface area contributed by atoms with Crippen LogP contribution >= 0.6 is 15.6 Å². The summed E-state index contributed by atoms with van der Waals surface area (Å²) >= 11 is 0. The van der Waals surface area contributed by atoms with Gasteiger partial charge in [-0.3, -0.25) is 37.3 Å². The van der Waals surface area contributed by atoms with Crippen LogP contribution in [-0.2, 0) is 65.4 Å². The number of carbonyl (C=O) groups is 4. The largest absolute Gasteiger partial charge is 0.472 e. The number of aliphatic hydroxyl groups excluding tert-OH is 1. The zero-order chi connectivity index (χ0) is 70.4. The van der Waals surface area contributed by atoms with Crippen LogP contribution in [0.3, 0.4) is 0 Å². The van der Waals surface area contributed by atoms with Crippen LogP contribution in [0.4, 0.5) is 0 Å². The van der Waals surface area contributed by atoms with Gasteiger partial charge in [-0.25, -0.2) is 9.13 Å². The molecule has 5 atom stereocenters. The molecule has 0 saturated heterocycles. The van der Waals surface area contributed by atoms with Gasteiger partial charge in [-0.05, 0) is 51.4 Å². The van der Waals surface area contributed by atoms with Crippen LogP contribution in [0, 0.1) is 0 Å². The highest BCUT2D eigenvalue weighted by molar-refractivity contribution is 7.47. The predicted molar refractivity (Wildman–Crippen MR) is 391 cm³/mol. The Kier molecular flexibility index (Phi) is 69.1. The topological polar surface area (TPSA) is 237 Å². The standard InChI is InChI=1S/C77H146O17P2/c1-5-9-13-17-21-25-28-30-32-33-34-35-36-37-38-40-42-45-48-52-56-60-64-77(82)94-73(68-88-75(80)62-58-54-50-46-44-41-39-31-29-26-22-18-14-10-6-2)70-92-96(85,86)90-66-71(78)65-89-95(83,84)91-69-72(67-87-74(79)61-57-53-49-24-20-16-12-8-4)93-76(81)63-59-55-51-47-43-27-23-19-15-11-7-3/h26,29,31,39,71-73,78H,5-25,27-28,30,32-38,40-70H2,1-4H3,(H,83,84)(H,85,86)/b29-26-,39-31-/t71-,72+,73+/m0/s1. The second kappa shape index (κ2) is 71.0. The molecular weight excluding hydrogens is 1260 g/mol. The summed E-state index contributed by atoms with van der Waals surface area (Å²) in [6.07, 6.45) is 64.8. The van der Waals surface area contributed by atoms with Crippen LogP contribution in [0.5, 0.6) is 0 Å². The maximum absolute atomic E-state index is 13.1. The first-order valence-electron chi connectivity index (χ1n) is 39.6. The molecule has 2 unspecified atom stereocenters. The maximum Gasteiger partial charge on any atom is 0.472 e.